The Labute approximate surface area is 216 Å². The first-order valence-electron chi connectivity index (χ1n) is 11.9. The normalized spacial score (nSPS) is 11.2. The fourth-order valence-corrected chi connectivity index (χ4v) is 3.82. The van der Waals surface area contributed by atoms with Gasteiger partial charge in [0, 0.05) is 29.7 Å². The summed E-state index contributed by atoms with van der Waals surface area (Å²) in [5, 5.41) is 9.94. The summed E-state index contributed by atoms with van der Waals surface area (Å²) < 4.78 is 10.9. The molecule has 0 aliphatic rings. The highest BCUT2D eigenvalue weighted by Gasteiger charge is 2.20. The van der Waals surface area contributed by atoms with E-state index in [4.69, 9.17) is 9.26 Å². The number of hydrogen-bond donors (Lipinski definition) is 2. The smallest absolute Gasteiger partial charge is 0.259 e. The molecule has 0 aliphatic carbocycles. The van der Waals surface area contributed by atoms with Crippen molar-refractivity contribution in [3.05, 3.63) is 95.0 Å². The molecule has 0 aliphatic heterocycles. The van der Waals surface area contributed by atoms with Crippen molar-refractivity contribution in [3.63, 3.8) is 0 Å². The molecule has 0 saturated carbocycles. The molecule has 0 fully saturated rings. The van der Waals surface area contributed by atoms with Gasteiger partial charge >= 0.3 is 0 Å². The van der Waals surface area contributed by atoms with E-state index in [0.29, 0.717) is 34.0 Å². The molecule has 0 spiro atoms. The Morgan fingerprint density at radius 3 is 2.54 bits per heavy atom. The Balaban J connectivity index is 1.51. The monoisotopic (exact) mass is 498 g/mol. The van der Waals surface area contributed by atoms with Crippen LogP contribution in [0, 0.1) is 6.92 Å². The van der Waals surface area contributed by atoms with Crippen LogP contribution in [0.4, 0.5) is 5.69 Å². The molecule has 2 heterocycles. The maximum Gasteiger partial charge on any atom is 0.259 e. The second kappa shape index (κ2) is 10.7. The summed E-state index contributed by atoms with van der Waals surface area (Å²) >= 11 is 0. The maximum absolute atomic E-state index is 13.2. The first-order chi connectivity index (χ1) is 17.7. The van der Waals surface area contributed by atoms with Crippen molar-refractivity contribution in [2.75, 3.05) is 12.4 Å². The summed E-state index contributed by atoms with van der Waals surface area (Å²) in [4.78, 5) is 29.4. The first kappa shape index (κ1) is 25.6. The molecule has 8 heteroatoms. The third-order valence-corrected chi connectivity index (χ3v) is 5.99. The Bertz CT molecular complexity index is 1420. The van der Waals surface area contributed by atoms with Crippen LogP contribution in [0.2, 0.25) is 0 Å². The van der Waals surface area contributed by atoms with Gasteiger partial charge in [-0.15, -0.1) is 0 Å². The van der Waals surface area contributed by atoms with Crippen molar-refractivity contribution < 1.29 is 18.8 Å². The Kier molecular flexibility index (Phi) is 7.38. The summed E-state index contributed by atoms with van der Waals surface area (Å²) in [5.41, 5.74) is 4.84. The molecule has 0 bridgehead atoms. The van der Waals surface area contributed by atoms with Crippen LogP contribution in [-0.2, 0) is 12.0 Å². The van der Waals surface area contributed by atoms with E-state index in [0.717, 1.165) is 16.7 Å². The molecular weight excluding hydrogens is 468 g/mol. The molecule has 2 aromatic carbocycles. The number of ether oxygens (including phenoxy) is 1. The van der Waals surface area contributed by atoms with Crippen LogP contribution >= 0.6 is 0 Å². The van der Waals surface area contributed by atoms with Crippen molar-refractivity contribution >= 4 is 17.5 Å². The summed E-state index contributed by atoms with van der Waals surface area (Å²) in [6.07, 6.45) is 3.11. The lowest BCUT2D eigenvalue weighted by molar-refractivity contribution is 0.0946. The number of aromatic nitrogens is 2. The number of benzene rings is 2. The van der Waals surface area contributed by atoms with Gasteiger partial charge in [0.05, 0.1) is 24.8 Å². The summed E-state index contributed by atoms with van der Waals surface area (Å²) in [7, 11) is 1.55. The average molecular weight is 499 g/mol. The number of nitrogens with zero attached hydrogens (tertiary/aromatic N) is 2. The number of methoxy groups -OCH3 is 1. The van der Waals surface area contributed by atoms with Gasteiger partial charge in [0.2, 0.25) is 0 Å². The number of amides is 2. The number of rotatable bonds is 7. The van der Waals surface area contributed by atoms with E-state index in [2.05, 4.69) is 41.5 Å². The zero-order chi connectivity index (χ0) is 26.6. The SMILES string of the molecule is COc1ccc(C(C)(C)C)cc1C(=O)Nc1ccc(C)c(-c2cc(CNC(=O)c3cccnc3)on2)c1. The molecule has 37 heavy (non-hydrogen) atoms. The van der Waals surface area contributed by atoms with Gasteiger partial charge in [-0.25, -0.2) is 0 Å². The largest absolute Gasteiger partial charge is 0.496 e. The molecule has 8 nitrogen and oxygen atoms in total. The van der Waals surface area contributed by atoms with Crippen LogP contribution in [0.3, 0.4) is 0 Å². The third-order valence-electron chi connectivity index (χ3n) is 5.99. The highest BCUT2D eigenvalue weighted by molar-refractivity contribution is 6.06. The lowest BCUT2D eigenvalue weighted by atomic mass is 9.86. The van der Waals surface area contributed by atoms with E-state index in [1.54, 1.807) is 31.5 Å². The van der Waals surface area contributed by atoms with Gasteiger partial charge in [-0.1, -0.05) is 38.1 Å². The Hall–Kier alpha value is -4.46. The molecular formula is C29H30N4O4. The van der Waals surface area contributed by atoms with E-state index < -0.39 is 0 Å². The molecule has 0 atom stereocenters. The first-order valence-corrected chi connectivity index (χ1v) is 11.9. The zero-order valence-electron chi connectivity index (χ0n) is 21.6. The lowest BCUT2D eigenvalue weighted by Gasteiger charge is -2.21. The lowest BCUT2D eigenvalue weighted by Crippen LogP contribution is -2.22. The van der Waals surface area contributed by atoms with Crippen molar-refractivity contribution in [1.82, 2.24) is 15.5 Å². The van der Waals surface area contributed by atoms with Crippen molar-refractivity contribution in [3.8, 4) is 17.0 Å². The second-order valence-corrected chi connectivity index (χ2v) is 9.75. The van der Waals surface area contributed by atoms with Gasteiger partial charge in [-0.3, -0.25) is 14.6 Å². The molecule has 2 amide bonds. The fraction of sp³-hybridized carbons (Fsp3) is 0.241. The topological polar surface area (TPSA) is 106 Å². The van der Waals surface area contributed by atoms with Crippen LogP contribution < -0.4 is 15.4 Å². The van der Waals surface area contributed by atoms with Crippen molar-refractivity contribution in [1.29, 1.82) is 0 Å². The Morgan fingerprint density at radius 1 is 1.03 bits per heavy atom. The number of aryl methyl sites for hydroxylation is 1. The Morgan fingerprint density at radius 2 is 1.84 bits per heavy atom. The van der Waals surface area contributed by atoms with Gasteiger partial charge in [-0.05, 0) is 59.9 Å². The minimum absolute atomic E-state index is 0.111. The minimum atomic E-state index is -0.267. The highest BCUT2D eigenvalue weighted by atomic mass is 16.5. The summed E-state index contributed by atoms with van der Waals surface area (Å²) in [5.74, 6) is 0.492. The van der Waals surface area contributed by atoms with Gasteiger partial charge in [0.25, 0.3) is 11.8 Å². The standard InChI is InChI=1S/C29H30N4O4/c1-18-8-10-21(32-28(35)24-13-20(29(2,3)4)9-11-26(24)36-5)14-23(18)25-15-22(37-33-25)17-31-27(34)19-7-6-12-30-16-19/h6-16H,17H2,1-5H3,(H,31,34)(H,32,35). The molecule has 0 unspecified atom stereocenters. The summed E-state index contributed by atoms with van der Waals surface area (Å²) in [6.45, 7) is 8.42. The zero-order valence-corrected chi connectivity index (χ0v) is 21.6. The molecule has 190 valence electrons. The number of carbonyl (C=O) groups excluding carboxylic acids is 2. The fourth-order valence-electron chi connectivity index (χ4n) is 3.82. The van der Waals surface area contributed by atoms with Crippen LogP contribution in [-0.4, -0.2) is 29.1 Å². The summed E-state index contributed by atoms with van der Waals surface area (Å²) in [6, 6.07) is 16.4. The predicted octanol–water partition coefficient (Wildman–Crippen LogP) is 5.53. The van der Waals surface area contributed by atoms with Gasteiger partial charge in [0.1, 0.15) is 11.4 Å². The molecule has 2 aromatic heterocycles. The van der Waals surface area contributed by atoms with Crippen LogP contribution in [0.1, 0.15) is 58.4 Å². The third kappa shape index (κ3) is 6.03. The van der Waals surface area contributed by atoms with Crippen LogP contribution in [0.15, 0.2) is 71.5 Å². The van der Waals surface area contributed by atoms with Gasteiger partial charge < -0.3 is 19.9 Å². The van der Waals surface area contributed by atoms with Crippen LogP contribution in [0.25, 0.3) is 11.3 Å². The molecule has 0 radical (unpaired) electrons. The van der Waals surface area contributed by atoms with E-state index in [1.807, 2.05) is 43.3 Å². The van der Waals surface area contributed by atoms with E-state index in [1.165, 1.54) is 6.20 Å². The number of nitrogens with one attached hydrogen (secondary N) is 2. The van der Waals surface area contributed by atoms with Crippen molar-refractivity contribution in [2.24, 2.45) is 0 Å². The number of carbonyl (C=O) groups is 2. The molecule has 2 N–H and O–H groups in total. The van der Waals surface area contributed by atoms with E-state index in [-0.39, 0.29) is 23.8 Å². The van der Waals surface area contributed by atoms with E-state index in [9.17, 15) is 9.59 Å². The van der Waals surface area contributed by atoms with Gasteiger partial charge in [0.15, 0.2) is 5.76 Å². The van der Waals surface area contributed by atoms with Gasteiger partial charge in [-0.2, -0.15) is 0 Å². The number of anilines is 1. The predicted molar refractivity (Wildman–Crippen MR) is 142 cm³/mol. The van der Waals surface area contributed by atoms with Crippen molar-refractivity contribution in [2.45, 2.75) is 39.7 Å². The molecule has 4 aromatic rings. The maximum atomic E-state index is 13.2. The average Bonchev–Trinajstić information content (AvgIpc) is 3.36. The van der Waals surface area contributed by atoms with E-state index >= 15 is 0 Å². The number of hydrogen-bond acceptors (Lipinski definition) is 6. The second-order valence-electron chi connectivity index (χ2n) is 9.75. The minimum Gasteiger partial charge on any atom is -0.496 e. The van der Waals surface area contributed by atoms with Crippen LogP contribution in [0.5, 0.6) is 5.75 Å². The highest BCUT2D eigenvalue weighted by Crippen LogP contribution is 2.30. The quantitative estimate of drug-likeness (QED) is 0.347. The number of pyridine rings is 1. The molecule has 4 rings (SSSR count). The molecule has 0 saturated heterocycles.